The Bertz CT molecular complexity index is 803. The smallest absolute Gasteiger partial charge is 0.125 e. The third kappa shape index (κ3) is 8.80. The van der Waals surface area contributed by atoms with Crippen LogP contribution in [0.2, 0.25) is 0 Å². The van der Waals surface area contributed by atoms with Crippen molar-refractivity contribution in [1.82, 2.24) is 0 Å². The number of halogens is 2. The van der Waals surface area contributed by atoms with Gasteiger partial charge in [-0.05, 0) is 61.1 Å². The molecule has 2 aromatic carbocycles. The zero-order chi connectivity index (χ0) is 20.9. The summed E-state index contributed by atoms with van der Waals surface area (Å²) in [4.78, 5) is 5.30. The van der Waals surface area contributed by atoms with Gasteiger partial charge in [-0.2, -0.15) is 0 Å². The molecule has 0 bridgehead atoms. The number of aryl methyl sites for hydroxylation is 2. The highest BCUT2D eigenvalue weighted by atomic mass is 35.5. The van der Waals surface area contributed by atoms with Gasteiger partial charge in [-0.3, -0.25) is 0 Å². The monoisotopic (exact) mass is 435 g/mol. The van der Waals surface area contributed by atoms with Crippen molar-refractivity contribution in [2.75, 3.05) is 19.8 Å². The van der Waals surface area contributed by atoms with Gasteiger partial charge in [0.15, 0.2) is 0 Å². The highest BCUT2D eigenvalue weighted by Gasteiger charge is 2.09. The second-order valence-electron chi connectivity index (χ2n) is 6.42. The lowest BCUT2D eigenvalue weighted by molar-refractivity contribution is 0.137. The number of rotatable bonds is 12. The topological polar surface area (TPSA) is 40.0 Å². The summed E-state index contributed by atoms with van der Waals surface area (Å²) in [6.07, 6.45) is 5.95. The van der Waals surface area contributed by atoms with Gasteiger partial charge in [-0.15, -0.1) is 0 Å². The number of oxime groups is 1. The van der Waals surface area contributed by atoms with E-state index in [-0.39, 0.29) is 4.49 Å². The van der Waals surface area contributed by atoms with Crippen LogP contribution >= 0.6 is 23.2 Å². The molecule has 0 unspecified atom stereocenters. The summed E-state index contributed by atoms with van der Waals surface area (Å²) in [6, 6.07) is 13.8. The van der Waals surface area contributed by atoms with Crippen LogP contribution in [0.25, 0.3) is 0 Å². The molecular weight excluding hydrogens is 409 g/mol. The van der Waals surface area contributed by atoms with Crippen molar-refractivity contribution >= 4 is 29.4 Å². The van der Waals surface area contributed by atoms with Crippen molar-refractivity contribution in [2.45, 2.75) is 33.1 Å². The molecule has 0 spiro atoms. The minimum Gasteiger partial charge on any atom is -0.493 e. The van der Waals surface area contributed by atoms with Gasteiger partial charge in [0.1, 0.15) is 29.2 Å². The molecule has 0 aliphatic carbocycles. The molecule has 6 heteroatoms. The largest absolute Gasteiger partial charge is 0.493 e. The lowest BCUT2D eigenvalue weighted by atomic mass is 10.1. The average molecular weight is 436 g/mol. The van der Waals surface area contributed by atoms with Crippen LogP contribution in [0.1, 0.15) is 36.5 Å². The molecule has 0 fully saturated rings. The second-order valence-corrected chi connectivity index (χ2v) is 7.43. The fourth-order valence-corrected chi connectivity index (χ4v) is 2.82. The van der Waals surface area contributed by atoms with E-state index >= 15 is 0 Å². The van der Waals surface area contributed by atoms with Gasteiger partial charge in [0.25, 0.3) is 0 Å². The molecule has 29 heavy (non-hydrogen) atoms. The Morgan fingerprint density at radius 2 is 1.79 bits per heavy atom. The molecule has 0 amide bonds. The summed E-state index contributed by atoms with van der Waals surface area (Å²) in [6.45, 7) is 5.64. The highest BCUT2D eigenvalue weighted by Crippen LogP contribution is 2.30. The molecule has 0 N–H and O–H groups in total. The van der Waals surface area contributed by atoms with Crippen LogP contribution in [0.3, 0.4) is 0 Å². The molecule has 0 saturated carbocycles. The van der Waals surface area contributed by atoms with Crippen molar-refractivity contribution in [1.29, 1.82) is 0 Å². The first-order valence-corrected chi connectivity index (χ1v) is 10.5. The minimum atomic E-state index is 0.201. The minimum absolute atomic E-state index is 0.201. The number of ether oxygens (including phenoxy) is 2. The molecule has 0 aliphatic rings. The molecule has 0 aliphatic heterocycles. The van der Waals surface area contributed by atoms with Crippen molar-refractivity contribution in [2.24, 2.45) is 5.16 Å². The normalized spacial score (nSPS) is 10.8. The fourth-order valence-electron chi connectivity index (χ4n) is 2.70. The standard InChI is InChI=1S/C23H27Cl2NO3/c1-3-20-16-21(27-14-11-22(24)25)15-18(2)23(20)28-12-7-8-13-29-26-17-19-9-5-4-6-10-19/h4-6,9-11,15-17H,3,7-8,12-14H2,1-2H3/b26-17+. The first-order valence-electron chi connectivity index (χ1n) is 9.70. The molecule has 0 heterocycles. The Balaban J connectivity index is 1.73. The molecule has 2 aromatic rings. The Hall–Kier alpha value is -2.17. The van der Waals surface area contributed by atoms with Crippen LogP contribution in [0.5, 0.6) is 11.5 Å². The van der Waals surface area contributed by atoms with E-state index in [2.05, 4.69) is 12.1 Å². The van der Waals surface area contributed by atoms with Crippen LogP contribution in [-0.4, -0.2) is 26.0 Å². The summed E-state index contributed by atoms with van der Waals surface area (Å²) < 4.78 is 11.9. The SMILES string of the molecule is CCc1cc(OCC=C(Cl)Cl)cc(C)c1OCCCCO/N=C/c1ccccc1. The van der Waals surface area contributed by atoms with E-state index in [4.69, 9.17) is 37.5 Å². The van der Waals surface area contributed by atoms with Crippen molar-refractivity contribution in [3.8, 4) is 11.5 Å². The van der Waals surface area contributed by atoms with Gasteiger partial charge < -0.3 is 14.3 Å². The Morgan fingerprint density at radius 3 is 2.52 bits per heavy atom. The summed E-state index contributed by atoms with van der Waals surface area (Å²) in [5.41, 5.74) is 3.18. The maximum Gasteiger partial charge on any atom is 0.125 e. The maximum atomic E-state index is 6.03. The summed E-state index contributed by atoms with van der Waals surface area (Å²) in [5, 5.41) is 3.98. The predicted octanol–water partition coefficient (Wildman–Crippen LogP) is 6.46. The van der Waals surface area contributed by atoms with E-state index in [1.807, 2.05) is 49.4 Å². The number of benzene rings is 2. The summed E-state index contributed by atoms with van der Waals surface area (Å²) in [5.74, 6) is 1.70. The molecule has 4 nitrogen and oxygen atoms in total. The molecular formula is C23H27Cl2NO3. The number of nitrogens with zero attached hydrogens (tertiary/aromatic N) is 1. The van der Waals surface area contributed by atoms with Gasteiger partial charge in [0.05, 0.1) is 12.8 Å². The van der Waals surface area contributed by atoms with Crippen molar-refractivity contribution < 1.29 is 14.3 Å². The van der Waals surface area contributed by atoms with Gasteiger partial charge in [-0.25, -0.2) is 0 Å². The number of unbranched alkanes of at least 4 members (excludes halogenated alkanes) is 1. The van der Waals surface area contributed by atoms with E-state index in [1.165, 1.54) is 0 Å². The third-order valence-corrected chi connectivity index (χ3v) is 4.45. The van der Waals surface area contributed by atoms with Crippen LogP contribution in [0.15, 0.2) is 58.2 Å². The van der Waals surface area contributed by atoms with Gasteiger partial charge in [0, 0.05) is 0 Å². The van der Waals surface area contributed by atoms with Crippen LogP contribution in [-0.2, 0) is 11.3 Å². The zero-order valence-corrected chi connectivity index (χ0v) is 18.4. The Kier molecular flexibility index (Phi) is 10.5. The fraction of sp³-hybridized carbons (Fsp3) is 0.348. The van der Waals surface area contributed by atoms with E-state index < -0.39 is 0 Å². The van der Waals surface area contributed by atoms with Gasteiger partial charge in [-0.1, -0.05) is 65.6 Å². The number of hydrogen-bond donors (Lipinski definition) is 0. The lowest BCUT2D eigenvalue weighted by Gasteiger charge is -2.15. The Labute approximate surface area is 183 Å². The van der Waals surface area contributed by atoms with E-state index in [0.29, 0.717) is 19.8 Å². The zero-order valence-electron chi connectivity index (χ0n) is 16.9. The van der Waals surface area contributed by atoms with E-state index in [0.717, 1.165) is 47.5 Å². The predicted molar refractivity (Wildman–Crippen MR) is 121 cm³/mol. The van der Waals surface area contributed by atoms with Crippen molar-refractivity contribution in [3.05, 3.63) is 69.7 Å². The molecule has 156 valence electrons. The number of hydrogen-bond acceptors (Lipinski definition) is 4. The first kappa shape index (κ1) is 23.1. The molecule has 2 rings (SSSR count). The maximum absolute atomic E-state index is 6.03. The second kappa shape index (κ2) is 13.1. The molecule has 0 saturated heterocycles. The quantitative estimate of drug-likeness (QED) is 0.218. The summed E-state index contributed by atoms with van der Waals surface area (Å²) in [7, 11) is 0. The van der Waals surface area contributed by atoms with Gasteiger partial charge in [0.2, 0.25) is 0 Å². The molecule has 0 aromatic heterocycles. The van der Waals surface area contributed by atoms with E-state index in [1.54, 1.807) is 12.3 Å². The van der Waals surface area contributed by atoms with Crippen LogP contribution < -0.4 is 9.47 Å². The third-order valence-electron chi connectivity index (χ3n) is 4.15. The molecule has 0 atom stereocenters. The van der Waals surface area contributed by atoms with Crippen LogP contribution in [0, 0.1) is 6.92 Å². The summed E-state index contributed by atoms with van der Waals surface area (Å²) >= 11 is 11.2. The average Bonchev–Trinajstić information content (AvgIpc) is 2.71. The molecule has 0 radical (unpaired) electrons. The first-order chi connectivity index (χ1) is 14.1. The lowest BCUT2D eigenvalue weighted by Crippen LogP contribution is -2.04. The van der Waals surface area contributed by atoms with Crippen molar-refractivity contribution in [3.63, 3.8) is 0 Å². The van der Waals surface area contributed by atoms with E-state index in [9.17, 15) is 0 Å². The highest BCUT2D eigenvalue weighted by molar-refractivity contribution is 6.55. The van der Waals surface area contributed by atoms with Crippen LogP contribution in [0.4, 0.5) is 0 Å². The Morgan fingerprint density at radius 1 is 1.03 bits per heavy atom. The van der Waals surface area contributed by atoms with Gasteiger partial charge >= 0.3 is 0 Å².